The van der Waals surface area contributed by atoms with Crippen LogP contribution in [0.3, 0.4) is 0 Å². The zero-order valence-corrected chi connectivity index (χ0v) is 10.3. The van der Waals surface area contributed by atoms with Gasteiger partial charge in [-0.15, -0.1) is 0 Å². The highest BCUT2D eigenvalue weighted by atomic mass is 16.4. The Bertz CT molecular complexity index is 616. The van der Waals surface area contributed by atoms with Crippen LogP contribution >= 0.6 is 0 Å². The number of hydrogen-bond acceptors (Lipinski definition) is 5. The number of carboxylic acid groups (broad SMARTS) is 1. The van der Waals surface area contributed by atoms with Crippen LogP contribution in [0, 0.1) is 0 Å². The van der Waals surface area contributed by atoms with Crippen molar-refractivity contribution < 1.29 is 9.90 Å². The zero-order valence-electron chi connectivity index (χ0n) is 10.3. The van der Waals surface area contributed by atoms with Gasteiger partial charge in [-0.1, -0.05) is 12.1 Å². The molecule has 2 heterocycles. The van der Waals surface area contributed by atoms with Crippen molar-refractivity contribution in [2.75, 3.05) is 24.5 Å². The van der Waals surface area contributed by atoms with Crippen molar-refractivity contribution in [3.8, 4) is 0 Å². The lowest BCUT2D eigenvalue weighted by Gasteiger charge is -2.34. The number of aliphatic carboxylic acids is 1. The lowest BCUT2D eigenvalue weighted by molar-refractivity contribution is -0.138. The molecule has 6 nitrogen and oxygen atoms in total. The molecule has 1 aliphatic rings. The van der Waals surface area contributed by atoms with E-state index in [2.05, 4.69) is 15.3 Å². The summed E-state index contributed by atoms with van der Waals surface area (Å²) in [5, 5.41) is 12.3. The predicted octanol–water partition coefficient (Wildman–Crippen LogP) is 0.493. The summed E-state index contributed by atoms with van der Waals surface area (Å²) in [6.45, 7) is 1.78. The van der Waals surface area contributed by atoms with Crippen LogP contribution in [0.15, 0.2) is 30.5 Å². The number of para-hydroxylation sites is 2. The average Bonchev–Trinajstić information content (AvgIpc) is 2.46. The van der Waals surface area contributed by atoms with Gasteiger partial charge in [0.15, 0.2) is 0 Å². The first-order chi connectivity index (χ1) is 9.25. The van der Waals surface area contributed by atoms with Gasteiger partial charge in [-0.25, -0.2) is 9.78 Å². The molecule has 3 rings (SSSR count). The van der Waals surface area contributed by atoms with E-state index in [1.165, 1.54) is 0 Å². The van der Waals surface area contributed by atoms with E-state index in [1.54, 1.807) is 11.1 Å². The van der Waals surface area contributed by atoms with Crippen molar-refractivity contribution in [1.29, 1.82) is 0 Å². The number of rotatable bonds is 2. The Labute approximate surface area is 110 Å². The third-order valence-electron chi connectivity index (χ3n) is 3.26. The third kappa shape index (κ3) is 2.22. The Hall–Kier alpha value is -2.21. The fraction of sp³-hybridized carbons (Fsp3) is 0.308. The smallest absolute Gasteiger partial charge is 0.327 e. The van der Waals surface area contributed by atoms with Crippen LogP contribution in [0.2, 0.25) is 0 Å². The molecule has 0 amide bonds. The van der Waals surface area contributed by atoms with Crippen molar-refractivity contribution >= 4 is 22.8 Å². The van der Waals surface area contributed by atoms with E-state index < -0.39 is 12.0 Å². The number of piperazine rings is 1. The Morgan fingerprint density at radius 3 is 2.95 bits per heavy atom. The molecule has 0 saturated carbocycles. The third-order valence-corrected chi connectivity index (χ3v) is 3.26. The quantitative estimate of drug-likeness (QED) is 0.816. The second-order valence-corrected chi connectivity index (χ2v) is 4.47. The summed E-state index contributed by atoms with van der Waals surface area (Å²) in [5.41, 5.74) is 1.59. The highest BCUT2D eigenvalue weighted by Gasteiger charge is 2.29. The molecule has 1 aromatic heterocycles. The van der Waals surface area contributed by atoms with E-state index in [0.29, 0.717) is 18.9 Å². The SMILES string of the molecule is O=C(O)[C@H]1CNCCN1c1cnc2ccccc2n1. The van der Waals surface area contributed by atoms with Crippen LogP contribution in [-0.2, 0) is 4.79 Å². The Balaban J connectivity index is 1.99. The summed E-state index contributed by atoms with van der Waals surface area (Å²) >= 11 is 0. The van der Waals surface area contributed by atoms with E-state index in [4.69, 9.17) is 0 Å². The van der Waals surface area contributed by atoms with Gasteiger partial charge in [-0.3, -0.25) is 4.98 Å². The maximum atomic E-state index is 11.3. The van der Waals surface area contributed by atoms with Crippen LogP contribution in [0.1, 0.15) is 0 Å². The van der Waals surface area contributed by atoms with Crippen molar-refractivity contribution in [1.82, 2.24) is 15.3 Å². The number of benzene rings is 1. The topological polar surface area (TPSA) is 78.4 Å². The summed E-state index contributed by atoms with van der Waals surface area (Å²) in [6, 6.07) is 6.97. The molecule has 0 unspecified atom stereocenters. The fourth-order valence-electron chi connectivity index (χ4n) is 2.28. The van der Waals surface area contributed by atoms with Crippen molar-refractivity contribution in [3.05, 3.63) is 30.5 Å². The molecule has 0 aliphatic carbocycles. The zero-order chi connectivity index (χ0) is 13.2. The van der Waals surface area contributed by atoms with E-state index in [1.807, 2.05) is 24.3 Å². The van der Waals surface area contributed by atoms with Gasteiger partial charge >= 0.3 is 5.97 Å². The normalized spacial score (nSPS) is 19.6. The van der Waals surface area contributed by atoms with Crippen LogP contribution in [-0.4, -0.2) is 46.7 Å². The molecule has 2 N–H and O–H groups in total. The first-order valence-electron chi connectivity index (χ1n) is 6.17. The second-order valence-electron chi connectivity index (χ2n) is 4.47. The molecule has 0 radical (unpaired) electrons. The van der Waals surface area contributed by atoms with E-state index in [9.17, 15) is 9.90 Å². The van der Waals surface area contributed by atoms with Gasteiger partial charge < -0.3 is 15.3 Å². The van der Waals surface area contributed by atoms with Gasteiger partial charge in [0, 0.05) is 19.6 Å². The van der Waals surface area contributed by atoms with Gasteiger partial charge in [0.1, 0.15) is 11.9 Å². The van der Waals surface area contributed by atoms with Gasteiger partial charge in [0.2, 0.25) is 0 Å². The summed E-state index contributed by atoms with van der Waals surface area (Å²) in [5.74, 6) is -0.227. The molecule has 1 aromatic carbocycles. The van der Waals surface area contributed by atoms with Crippen molar-refractivity contribution in [2.24, 2.45) is 0 Å². The van der Waals surface area contributed by atoms with Crippen LogP contribution < -0.4 is 10.2 Å². The molecule has 98 valence electrons. The number of carbonyl (C=O) groups is 1. The highest BCUT2D eigenvalue weighted by molar-refractivity contribution is 5.80. The first kappa shape index (κ1) is 11.9. The van der Waals surface area contributed by atoms with E-state index >= 15 is 0 Å². The molecule has 0 bridgehead atoms. The monoisotopic (exact) mass is 258 g/mol. The first-order valence-corrected chi connectivity index (χ1v) is 6.17. The lowest BCUT2D eigenvalue weighted by Crippen LogP contribution is -2.55. The van der Waals surface area contributed by atoms with Crippen LogP contribution in [0.5, 0.6) is 0 Å². The predicted molar refractivity (Wildman–Crippen MR) is 71.2 cm³/mol. The van der Waals surface area contributed by atoms with Gasteiger partial charge in [-0.05, 0) is 12.1 Å². The summed E-state index contributed by atoms with van der Waals surface area (Å²) in [4.78, 5) is 21.9. The van der Waals surface area contributed by atoms with E-state index in [0.717, 1.165) is 17.6 Å². The number of carboxylic acids is 1. The van der Waals surface area contributed by atoms with E-state index in [-0.39, 0.29) is 0 Å². The minimum atomic E-state index is -0.845. The molecular weight excluding hydrogens is 244 g/mol. The Kier molecular flexibility index (Phi) is 3.00. The number of hydrogen-bond donors (Lipinski definition) is 2. The molecular formula is C13H14N4O2. The lowest BCUT2D eigenvalue weighted by atomic mass is 10.2. The molecule has 19 heavy (non-hydrogen) atoms. The van der Waals surface area contributed by atoms with Crippen molar-refractivity contribution in [2.45, 2.75) is 6.04 Å². The number of anilines is 1. The number of fused-ring (bicyclic) bond motifs is 1. The number of nitrogens with one attached hydrogen (secondary N) is 1. The molecule has 2 aromatic rings. The standard InChI is InChI=1S/C13H14N4O2/c18-13(19)11-7-14-5-6-17(11)12-8-15-9-3-1-2-4-10(9)16-12/h1-4,8,11,14H,5-7H2,(H,18,19)/t11-/m1/s1. The van der Waals surface area contributed by atoms with Crippen LogP contribution in [0.25, 0.3) is 11.0 Å². The molecule has 6 heteroatoms. The summed E-state index contributed by atoms with van der Waals surface area (Å²) in [6.07, 6.45) is 1.64. The van der Waals surface area contributed by atoms with Crippen molar-refractivity contribution in [3.63, 3.8) is 0 Å². The van der Waals surface area contributed by atoms with Gasteiger partial charge in [0.25, 0.3) is 0 Å². The number of aromatic nitrogens is 2. The Morgan fingerprint density at radius 2 is 2.16 bits per heavy atom. The molecule has 1 saturated heterocycles. The largest absolute Gasteiger partial charge is 0.480 e. The summed E-state index contributed by atoms with van der Waals surface area (Å²) in [7, 11) is 0. The minimum absolute atomic E-state index is 0.420. The van der Waals surface area contributed by atoms with Gasteiger partial charge in [0.05, 0.1) is 17.2 Å². The van der Waals surface area contributed by atoms with Crippen LogP contribution in [0.4, 0.5) is 5.82 Å². The fourth-order valence-corrected chi connectivity index (χ4v) is 2.28. The second kappa shape index (κ2) is 4.81. The highest BCUT2D eigenvalue weighted by Crippen LogP contribution is 2.18. The van der Waals surface area contributed by atoms with Gasteiger partial charge in [-0.2, -0.15) is 0 Å². The molecule has 1 atom stereocenters. The molecule has 1 fully saturated rings. The maximum Gasteiger partial charge on any atom is 0.327 e. The molecule has 1 aliphatic heterocycles. The molecule has 0 spiro atoms. The average molecular weight is 258 g/mol. The maximum absolute atomic E-state index is 11.3. The Morgan fingerprint density at radius 1 is 1.37 bits per heavy atom. The summed E-state index contributed by atoms with van der Waals surface area (Å²) < 4.78 is 0. The minimum Gasteiger partial charge on any atom is -0.480 e. The number of nitrogens with zero attached hydrogens (tertiary/aromatic N) is 3.